The molecule has 226 valence electrons. The fourth-order valence-corrected chi connectivity index (χ4v) is 4.67. The molecule has 0 aliphatic heterocycles. The lowest BCUT2D eigenvalue weighted by molar-refractivity contribution is -0.275. The Morgan fingerprint density at radius 3 is 2.16 bits per heavy atom. The van der Waals surface area contributed by atoms with Gasteiger partial charge in [0.1, 0.15) is 11.5 Å². The molecule has 4 aromatic rings. The molecule has 0 bridgehead atoms. The molecule has 0 spiro atoms. The number of carbonyl (C=O) groups excluding carboxylic acids is 1. The Balaban J connectivity index is 1.61. The molecule has 1 aromatic heterocycles. The van der Waals surface area contributed by atoms with Crippen LogP contribution in [-0.2, 0) is 11.3 Å². The second-order valence-corrected chi connectivity index (χ2v) is 9.65. The third-order valence-electron chi connectivity index (χ3n) is 5.64. The van der Waals surface area contributed by atoms with Crippen LogP contribution in [0.4, 0.5) is 37.2 Å². The monoisotopic (exact) mass is 625 g/mol. The second kappa shape index (κ2) is 13.0. The van der Waals surface area contributed by atoms with Crippen molar-refractivity contribution in [3.8, 4) is 22.8 Å². The molecule has 0 saturated heterocycles. The maximum Gasteiger partial charge on any atom is 0.573 e. The molecule has 15 heteroatoms. The van der Waals surface area contributed by atoms with Gasteiger partial charge in [0, 0.05) is 28.7 Å². The van der Waals surface area contributed by atoms with Crippen LogP contribution in [0, 0.1) is 0 Å². The minimum Gasteiger partial charge on any atom is -0.481 e. The number of hydrogen-bond acceptors (Lipinski definition) is 7. The van der Waals surface area contributed by atoms with Crippen molar-refractivity contribution in [1.82, 2.24) is 10.3 Å². The Labute approximate surface area is 244 Å². The maximum atomic E-state index is 12.8. The maximum absolute atomic E-state index is 12.8. The number of thiazole rings is 1. The molecule has 1 heterocycles. The standard InChI is InChI=1S/C28H21F6N3O5S/c29-27(30,31)41-21-10-6-18(7-11-21)23-16-43-26(36-23)37(15-17-2-1-3-22(14-17)42-28(32,33)34)20-8-4-19(5-9-20)25(40)35-13-12-24(38)39/h1-11,14,16H,12-13,15H2,(H,35,40)(H,38,39). The zero-order valence-corrected chi connectivity index (χ0v) is 22.6. The lowest BCUT2D eigenvalue weighted by Crippen LogP contribution is -2.26. The van der Waals surface area contributed by atoms with Crippen molar-refractivity contribution in [1.29, 1.82) is 0 Å². The zero-order valence-electron chi connectivity index (χ0n) is 21.8. The number of aromatic nitrogens is 1. The van der Waals surface area contributed by atoms with Crippen LogP contribution in [0.5, 0.6) is 11.5 Å². The molecule has 0 saturated carbocycles. The number of hydrogen-bond donors (Lipinski definition) is 2. The molecule has 43 heavy (non-hydrogen) atoms. The first kappa shape index (κ1) is 31.2. The molecule has 3 aromatic carbocycles. The SMILES string of the molecule is O=C(O)CCNC(=O)c1ccc(N(Cc2cccc(OC(F)(F)F)c2)c2nc(-c3ccc(OC(F)(F)F)cc3)cs2)cc1. The molecule has 0 fully saturated rings. The summed E-state index contributed by atoms with van der Waals surface area (Å²) in [7, 11) is 0. The van der Waals surface area contributed by atoms with E-state index in [1.165, 1.54) is 47.7 Å². The van der Waals surface area contributed by atoms with Gasteiger partial charge in [0.25, 0.3) is 5.91 Å². The highest BCUT2D eigenvalue weighted by atomic mass is 32.1. The number of aliphatic carboxylic acids is 1. The van der Waals surface area contributed by atoms with E-state index in [0.29, 0.717) is 27.6 Å². The van der Waals surface area contributed by atoms with E-state index in [1.807, 2.05) is 0 Å². The lowest BCUT2D eigenvalue weighted by Gasteiger charge is -2.23. The second-order valence-electron chi connectivity index (χ2n) is 8.82. The third-order valence-corrected chi connectivity index (χ3v) is 6.51. The molecule has 0 aliphatic carbocycles. The van der Waals surface area contributed by atoms with Crippen LogP contribution < -0.4 is 19.7 Å². The van der Waals surface area contributed by atoms with E-state index in [1.54, 1.807) is 28.5 Å². The molecule has 0 radical (unpaired) electrons. The van der Waals surface area contributed by atoms with E-state index in [2.05, 4.69) is 19.8 Å². The summed E-state index contributed by atoms with van der Waals surface area (Å²) in [5.74, 6) is -2.38. The van der Waals surface area contributed by atoms with E-state index < -0.39 is 36.1 Å². The summed E-state index contributed by atoms with van der Waals surface area (Å²) < 4.78 is 83.8. The van der Waals surface area contributed by atoms with Gasteiger partial charge in [0.05, 0.1) is 18.7 Å². The molecule has 8 nitrogen and oxygen atoms in total. The molecule has 1 amide bonds. The molecule has 0 aliphatic rings. The minimum absolute atomic E-state index is 0.0323. The Morgan fingerprint density at radius 2 is 1.53 bits per heavy atom. The van der Waals surface area contributed by atoms with Crippen molar-refractivity contribution < 1.29 is 50.5 Å². The predicted molar refractivity (Wildman–Crippen MR) is 144 cm³/mol. The van der Waals surface area contributed by atoms with Crippen molar-refractivity contribution in [2.24, 2.45) is 0 Å². The van der Waals surface area contributed by atoms with Gasteiger partial charge in [-0.05, 0) is 66.2 Å². The van der Waals surface area contributed by atoms with Crippen LogP contribution in [0.3, 0.4) is 0 Å². The number of rotatable bonds is 11. The summed E-state index contributed by atoms with van der Waals surface area (Å²) in [6.07, 6.45) is -9.98. The summed E-state index contributed by atoms with van der Waals surface area (Å²) in [5, 5.41) is 13.3. The quantitative estimate of drug-likeness (QED) is 0.171. The van der Waals surface area contributed by atoms with Gasteiger partial charge < -0.3 is 24.8 Å². The number of carboxylic acid groups (broad SMARTS) is 1. The van der Waals surface area contributed by atoms with Gasteiger partial charge in [-0.25, -0.2) is 4.98 Å². The minimum atomic E-state index is -4.88. The number of carboxylic acids is 1. The fourth-order valence-electron chi connectivity index (χ4n) is 3.82. The first-order valence-electron chi connectivity index (χ1n) is 12.3. The Kier molecular flexibility index (Phi) is 9.43. The number of benzene rings is 3. The summed E-state index contributed by atoms with van der Waals surface area (Å²) >= 11 is 1.18. The summed E-state index contributed by atoms with van der Waals surface area (Å²) in [6, 6.07) is 16.6. The van der Waals surface area contributed by atoms with Crippen LogP contribution in [0.25, 0.3) is 11.3 Å². The van der Waals surface area contributed by atoms with Crippen LogP contribution in [0.2, 0.25) is 0 Å². The first-order chi connectivity index (χ1) is 20.3. The Bertz CT molecular complexity index is 1560. The third kappa shape index (κ3) is 9.36. The summed E-state index contributed by atoms with van der Waals surface area (Å²) in [6.45, 7) is -0.0336. The number of amides is 1. The average molecular weight is 626 g/mol. The van der Waals surface area contributed by atoms with Crippen molar-refractivity contribution in [2.45, 2.75) is 25.7 Å². The predicted octanol–water partition coefficient (Wildman–Crippen LogP) is 7.15. The molecular weight excluding hydrogens is 604 g/mol. The van der Waals surface area contributed by atoms with Crippen LogP contribution >= 0.6 is 11.3 Å². The fraction of sp³-hybridized carbons (Fsp3) is 0.179. The highest BCUT2D eigenvalue weighted by molar-refractivity contribution is 7.14. The molecular formula is C28H21F6N3O5S. The van der Waals surface area contributed by atoms with Gasteiger partial charge in [0.2, 0.25) is 0 Å². The normalized spacial score (nSPS) is 11.6. The number of anilines is 2. The molecule has 0 atom stereocenters. The van der Waals surface area contributed by atoms with Crippen LogP contribution in [0.1, 0.15) is 22.3 Å². The van der Waals surface area contributed by atoms with Gasteiger partial charge in [-0.3, -0.25) is 9.59 Å². The number of nitrogens with one attached hydrogen (secondary N) is 1. The topological polar surface area (TPSA) is 101 Å². The molecule has 2 N–H and O–H groups in total. The van der Waals surface area contributed by atoms with Gasteiger partial charge in [-0.1, -0.05) is 12.1 Å². The van der Waals surface area contributed by atoms with Crippen molar-refractivity contribution >= 4 is 34.0 Å². The van der Waals surface area contributed by atoms with Crippen molar-refractivity contribution in [3.05, 3.63) is 89.3 Å². The smallest absolute Gasteiger partial charge is 0.481 e. The highest BCUT2D eigenvalue weighted by Gasteiger charge is 2.32. The van der Waals surface area contributed by atoms with E-state index in [-0.39, 0.29) is 25.1 Å². The molecule has 4 rings (SSSR count). The van der Waals surface area contributed by atoms with E-state index in [0.717, 1.165) is 18.2 Å². The number of carbonyl (C=O) groups is 2. The number of ether oxygens (including phenoxy) is 2. The zero-order chi connectivity index (χ0) is 31.2. The Hall–Kier alpha value is -4.79. The summed E-state index contributed by atoms with van der Waals surface area (Å²) in [5.41, 5.74) is 2.11. The largest absolute Gasteiger partial charge is 0.573 e. The number of alkyl halides is 6. The van der Waals surface area contributed by atoms with E-state index >= 15 is 0 Å². The lowest BCUT2D eigenvalue weighted by atomic mass is 10.1. The average Bonchev–Trinajstić information content (AvgIpc) is 3.40. The number of halogens is 6. The van der Waals surface area contributed by atoms with Gasteiger partial charge in [0.15, 0.2) is 5.13 Å². The summed E-state index contributed by atoms with van der Waals surface area (Å²) in [4.78, 5) is 29.3. The van der Waals surface area contributed by atoms with Gasteiger partial charge in [-0.2, -0.15) is 0 Å². The number of nitrogens with zero attached hydrogens (tertiary/aromatic N) is 2. The van der Waals surface area contributed by atoms with E-state index in [4.69, 9.17) is 5.11 Å². The Morgan fingerprint density at radius 1 is 0.884 bits per heavy atom. The van der Waals surface area contributed by atoms with Gasteiger partial charge in [-0.15, -0.1) is 37.7 Å². The van der Waals surface area contributed by atoms with Crippen molar-refractivity contribution in [2.75, 3.05) is 11.4 Å². The highest BCUT2D eigenvalue weighted by Crippen LogP contribution is 2.35. The first-order valence-corrected chi connectivity index (χ1v) is 13.2. The van der Waals surface area contributed by atoms with E-state index in [9.17, 15) is 35.9 Å². The molecule has 0 unspecified atom stereocenters. The van der Waals surface area contributed by atoms with Crippen LogP contribution in [0.15, 0.2) is 78.2 Å². The van der Waals surface area contributed by atoms with Crippen LogP contribution in [-0.4, -0.2) is 41.2 Å². The van der Waals surface area contributed by atoms with Crippen molar-refractivity contribution in [3.63, 3.8) is 0 Å². The van der Waals surface area contributed by atoms with Gasteiger partial charge >= 0.3 is 18.7 Å².